The van der Waals surface area contributed by atoms with Gasteiger partial charge in [-0.15, -0.1) is 0 Å². The fraction of sp³-hybridized carbons (Fsp3) is 1.00. The molecule has 0 saturated carbocycles. The van der Waals surface area contributed by atoms with Crippen molar-refractivity contribution in [1.29, 1.82) is 0 Å². The molecule has 126 valence electrons. The molecule has 21 heavy (non-hydrogen) atoms. The second-order valence-corrected chi connectivity index (χ2v) is 6.84. The summed E-state index contributed by atoms with van der Waals surface area (Å²) in [6, 6.07) is -0.103. The van der Waals surface area contributed by atoms with Gasteiger partial charge in [0, 0.05) is 0 Å². The summed E-state index contributed by atoms with van der Waals surface area (Å²) in [7, 11) is 0. The number of aliphatic hydroxyl groups is 2. The van der Waals surface area contributed by atoms with Crippen LogP contribution in [-0.2, 0) is 0 Å². The van der Waals surface area contributed by atoms with Gasteiger partial charge in [-0.25, -0.2) is 0 Å². The Balaban J connectivity index is 1.86. The summed E-state index contributed by atoms with van der Waals surface area (Å²) in [4.78, 5) is 0. The van der Waals surface area contributed by atoms with Crippen molar-refractivity contribution >= 4 is 0 Å². The summed E-state index contributed by atoms with van der Waals surface area (Å²) in [5, 5.41) is 22.2. The molecule has 0 amide bonds. The van der Waals surface area contributed by atoms with Crippen LogP contribution in [0, 0.1) is 5.92 Å². The Hall–Kier alpha value is -0.120. The lowest BCUT2D eigenvalue weighted by Gasteiger charge is -2.33. The van der Waals surface area contributed by atoms with Crippen LogP contribution in [0.15, 0.2) is 0 Å². The minimum absolute atomic E-state index is 0.0478. The monoisotopic (exact) mass is 299 g/mol. The van der Waals surface area contributed by atoms with Gasteiger partial charge < -0.3 is 15.5 Å². The van der Waals surface area contributed by atoms with Crippen LogP contribution in [0.1, 0.15) is 84.0 Å². The highest BCUT2D eigenvalue weighted by Gasteiger charge is 2.27. The minimum atomic E-state index is -0.364. The number of nitrogens with one attached hydrogen (secondary N) is 1. The van der Waals surface area contributed by atoms with Gasteiger partial charge in [0.1, 0.15) is 0 Å². The van der Waals surface area contributed by atoms with E-state index in [0.717, 1.165) is 13.0 Å². The molecule has 0 unspecified atom stereocenters. The molecule has 1 saturated heterocycles. The molecule has 3 atom stereocenters. The lowest BCUT2D eigenvalue weighted by Crippen LogP contribution is -2.50. The molecule has 3 heteroatoms. The van der Waals surface area contributed by atoms with Crippen molar-refractivity contribution in [3.05, 3.63) is 0 Å². The van der Waals surface area contributed by atoms with E-state index in [2.05, 4.69) is 12.2 Å². The molecule has 3 nitrogen and oxygen atoms in total. The van der Waals surface area contributed by atoms with Crippen molar-refractivity contribution in [3.8, 4) is 0 Å². The highest BCUT2D eigenvalue weighted by atomic mass is 16.3. The number of piperidine rings is 1. The molecule has 0 aromatic rings. The second-order valence-electron chi connectivity index (χ2n) is 6.84. The Kier molecular flexibility index (Phi) is 11.2. The Morgan fingerprint density at radius 2 is 1.48 bits per heavy atom. The molecule has 0 spiro atoms. The van der Waals surface area contributed by atoms with E-state index in [-0.39, 0.29) is 18.8 Å². The van der Waals surface area contributed by atoms with Gasteiger partial charge in [0.25, 0.3) is 0 Å². The number of unbranched alkanes of at least 4 members (excludes halogenated alkanes) is 9. The molecule has 3 N–H and O–H groups in total. The van der Waals surface area contributed by atoms with Gasteiger partial charge in [-0.2, -0.15) is 0 Å². The predicted octanol–water partition coefficient (Wildman–Crippen LogP) is 3.63. The fourth-order valence-electron chi connectivity index (χ4n) is 3.37. The molecular formula is C18H37NO2. The minimum Gasteiger partial charge on any atom is -0.395 e. The summed E-state index contributed by atoms with van der Waals surface area (Å²) >= 11 is 0. The van der Waals surface area contributed by atoms with Crippen LogP contribution in [0.3, 0.4) is 0 Å². The van der Waals surface area contributed by atoms with Crippen molar-refractivity contribution < 1.29 is 10.2 Å². The number of rotatable bonds is 12. The lowest BCUT2D eigenvalue weighted by molar-refractivity contribution is 0.0419. The summed E-state index contributed by atoms with van der Waals surface area (Å²) in [5.41, 5.74) is 0. The molecule has 1 rings (SSSR count). The first kappa shape index (κ1) is 18.9. The Labute approximate surface area is 131 Å². The highest BCUT2D eigenvalue weighted by molar-refractivity contribution is 4.84. The van der Waals surface area contributed by atoms with Gasteiger partial charge in [-0.3, -0.25) is 0 Å². The molecule has 1 aliphatic rings. The molecule has 0 radical (unpaired) electrons. The van der Waals surface area contributed by atoms with Crippen molar-refractivity contribution in [2.24, 2.45) is 5.92 Å². The summed E-state index contributed by atoms with van der Waals surface area (Å²) in [6.07, 6.45) is 15.5. The third kappa shape index (κ3) is 8.80. The van der Waals surface area contributed by atoms with Gasteiger partial charge in [-0.1, -0.05) is 71.1 Å². The Morgan fingerprint density at radius 3 is 2.00 bits per heavy atom. The average Bonchev–Trinajstić information content (AvgIpc) is 2.49. The van der Waals surface area contributed by atoms with Crippen LogP contribution >= 0.6 is 0 Å². The van der Waals surface area contributed by atoms with Gasteiger partial charge in [0.05, 0.1) is 18.8 Å². The maximum absolute atomic E-state index is 9.88. The molecule has 0 aromatic carbocycles. The van der Waals surface area contributed by atoms with E-state index < -0.39 is 0 Å². The number of hydrogen-bond acceptors (Lipinski definition) is 3. The first-order valence-corrected chi connectivity index (χ1v) is 9.30. The topological polar surface area (TPSA) is 52.5 Å². The zero-order valence-electron chi connectivity index (χ0n) is 14.0. The van der Waals surface area contributed by atoms with E-state index in [1.165, 1.54) is 70.6 Å². The number of hydrogen-bond donors (Lipinski definition) is 3. The van der Waals surface area contributed by atoms with Crippen LogP contribution in [0.5, 0.6) is 0 Å². The van der Waals surface area contributed by atoms with E-state index in [9.17, 15) is 5.11 Å². The van der Waals surface area contributed by atoms with Crippen molar-refractivity contribution in [2.45, 2.75) is 96.1 Å². The Morgan fingerprint density at radius 1 is 0.905 bits per heavy atom. The van der Waals surface area contributed by atoms with Crippen LogP contribution in [0.25, 0.3) is 0 Å². The first-order chi connectivity index (χ1) is 10.3. The third-order valence-electron chi connectivity index (χ3n) is 4.87. The predicted molar refractivity (Wildman–Crippen MR) is 89.5 cm³/mol. The molecule has 0 aromatic heterocycles. The lowest BCUT2D eigenvalue weighted by atomic mass is 9.88. The van der Waals surface area contributed by atoms with E-state index in [1.54, 1.807) is 0 Å². The maximum atomic E-state index is 9.88. The maximum Gasteiger partial charge on any atom is 0.0718 e. The molecule has 0 aliphatic carbocycles. The normalized spacial score (nSPS) is 26.1. The van der Waals surface area contributed by atoms with E-state index >= 15 is 0 Å². The molecule has 1 fully saturated rings. The van der Waals surface area contributed by atoms with Crippen LogP contribution < -0.4 is 5.32 Å². The zero-order valence-corrected chi connectivity index (χ0v) is 14.0. The van der Waals surface area contributed by atoms with Crippen molar-refractivity contribution in [2.75, 3.05) is 13.2 Å². The van der Waals surface area contributed by atoms with Gasteiger partial charge in [0.15, 0.2) is 0 Å². The SMILES string of the molecule is CCCCCCCCCCCC[C@@H]1CN[C@@H](CO)[C@H](O)C1. The van der Waals surface area contributed by atoms with E-state index in [1.807, 2.05) is 0 Å². The summed E-state index contributed by atoms with van der Waals surface area (Å²) in [5.74, 6) is 0.594. The summed E-state index contributed by atoms with van der Waals surface area (Å²) in [6.45, 7) is 3.27. The second kappa shape index (κ2) is 12.4. The van der Waals surface area contributed by atoms with Crippen LogP contribution in [0.2, 0.25) is 0 Å². The summed E-state index contributed by atoms with van der Waals surface area (Å²) < 4.78 is 0. The molecule has 1 aliphatic heterocycles. The first-order valence-electron chi connectivity index (χ1n) is 9.30. The standard InChI is InChI=1S/C18H37NO2/c1-2-3-4-5-6-7-8-9-10-11-12-16-13-18(21)17(15-20)19-14-16/h16-21H,2-15H2,1H3/t16-,17-,18+/m0/s1. The third-order valence-corrected chi connectivity index (χ3v) is 4.87. The molecule has 1 heterocycles. The van der Waals surface area contributed by atoms with Crippen molar-refractivity contribution in [1.82, 2.24) is 5.32 Å². The fourth-order valence-corrected chi connectivity index (χ4v) is 3.37. The zero-order chi connectivity index (χ0) is 15.3. The van der Waals surface area contributed by atoms with Crippen LogP contribution in [0.4, 0.5) is 0 Å². The van der Waals surface area contributed by atoms with E-state index in [0.29, 0.717) is 5.92 Å². The van der Waals surface area contributed by atoms with Crippen LogP contribution in [-0.4, -0.2) is 35.5 Å². The molecular weight excluding hydrogens is 262 g/mol. The average molecular weight is 299 g/mol. The van der Waals surface area contributed by atoms with Gasteiger partial charge in [0.2, 0.25) is 0 Å². The van der Waals surface area contributed by atoms with Gasteiger partial charge in [-0.05, 0) is 25.3 Å². The highest BCUT2D eigenvalue weighted by Crippen LogP contribution is 2.21. The molecule has 0 bridgehead atoms. The van der Waals surface area contributed by atoms with Crippen molar-refractivity contribution in [3.63, 3.8) is 0 Å². The quantitative estimate of drug-likeness (QED) is 0.482. The number of aliphatic hydroxyl groups excluding tert-OH is 2. The largest absolute Gasteiger partial charge is 0.395 e. The Bertz CT molecular complexity index is 235. The smallest absolute Gasteiger partial charge is 0.0718 e. The van der Waals surface area contributed by atoms with Gasteiger partial charge >= 0.3 is 0 Å². The van der Waals surface area contributed by atoms with E-state index in [4.69, 9.17) is 5.11 Å².